The minimum Gasteiger partial charge on any atom is -0.391 e. The number of hydrogen-bond acceptors (Lipinski definition) is 4. The monoisotopic (exact) mass is 244 g/mol. The molecular weight excluding hydrogens is 232 g/mol. The summed E-state index contributed by atoms with van der Waals surface area (Å²) in [5, 5.41) is 8.68. The lowest BCUT2D eigenvalue weighted by Gasteiger charge is -2.02. The number of pyridine rings is 1. The van der Waals surface area contributed by atoms with Crippen LogP contribution in [0.1, 0.15) is 11.8 Å². The van der Waals surface area contributed by atoms with Gasteiger partial charge in [0, 0.05) is 11.1 Å². The van der Waals surface area contributed by atoms with E-state index in [1.165, 1.54) is 16.0 Å². The number of anilines is 1. The Morgan fingerprint density at radius 3 is 3.12 bits per heavy atom. The zero-order chi connectivity index (χ0) is 11.8. The molecule has 0 aliphatic carbocycles. The summed E-state index contributed by atoms with van der Waals surface area (Å²) < 4.78 is 1.75. The Bertz CT molecular complexity index is 668. The first-order chi connectivity index (χ1) is 8.28. The summed E-state index contributed by atoms with van der Waals surface area (Å²) in [4.78, 5) is 1.32. The van der Waals surface area contributed by atoms with Crippen molar-refractivity contribution in [3.8, 4) is 11.1 Å². The van der Waals surface area contributed by atoms with Gasteiger partial charge >= 0.3 is 0 Å². The Hall–Kier alpha value is -1.88. The molecule has 0 saturated heterocycles. The van der Waals surface area contributed by atoms with Crippen molar-refractivity contribution in [2.45, 2.75) is 13.3 Å². The Morgan fingerprint density at radius 1 is 1.41 bits per heavy atom. The van der Waals surface area contributed by atoms with Crippen LogP contribution in [-0.4, -0.2) is 14.8 Å². The van der Waals surface area contributed by atoms with Crippen molar-refractivity contribution in [2.24, 2.45) is 0 Å². The van der Waals surface area contributed by atoms with E-state index in [0.29, 0.717) is 0 Å². The van der Waals surface area contributed by atoms with Crippen LogP contribution in [0.25, 0.3) is 16.6 Å². The molecule has 5 heteroatoms. The summed E-state index contributed by atoms with van der Waals surface area (Å²) in [5.41, 5.74) is 9.26. The summed E-state index contributed by atoms with van der Waals surface area (Å²) in [5.74, 6) is 0. The third kappa shape index (κ3) is 1.68. The molecule has 0 aliphatic heterocycles. The van der Waals surface area contributed by atoms with Gasteiger partial charge in [0.1, 0.15) is 0 Å². The van der Waals surface area contributed by atoms with Gasteiger partial charge in [0.2, 0.25) is 0 Å². The lowest BCUT2D eigenvalue weighted by Crippen LogP contribution is -1.88. The van der Waals surface area contributed by atoms with Crippen LogP contribution in [0.4, 0.5) is 5.00 Å². The van der Waals surface area contributed by atoms with Gasteiger partial charge in [0.15, 0.2) is 0 Å². The molecule has 0 bridgehead atoms. The molecule has 2 N–H and O–H groups in total. The van der Waals surface area contributed by atoms with Crippen LogP contribution in [-0.2, 0) is 6.42 Å². The Morgan fingerprint density at radius 2 is 2.29 bits per heavy atom. The average Bonchev–Trinajstić information content (AvgIpc) is 2.93. The summed E-state index contributed by atoms with van der Waals surface area (Å²) >= 11 is 1.66. The molecule has 3 aromatic heterocycles. The minimum atomic E-state index is 0.864. The highest BCUT2D eigenvalue weighted by molar-refractivity contribution is 7.16. The number of fused-ring (bicyclic) bond motifs is 1. The second-order valence-corrected chi connectivity index (χ2v) is 5.03. The summed E-state index contributed by atoms with van der Waals surface area (Å²) in [6.45, 7) is 2.15. The van der Waals surface area contributed by atoms with E-state index >= 15 is 0 Å². The summed E-state index contributed by atoms with van der Waals surface area (Å²) in [7, 11) is 0. The molecular formula is C12H12N4S. The number of nitrogens with zero attached hydrogens (tertiary/aromatic N) is 3. The number of hydrogen-bond donors (Lipinski definition) is 1. The summed E-state index contributed by atoms with van der Waals surface area (Å²) in [6, 6.07) is 6.17. The van der Waals surface area contributed by atoms with E-state index in [1.54, 1.807) is 22.0 Å². The average molecular weight is 244 g/mol. The molecule has 0 atom stereocenters. The Balaban J connectivity index is 2.18. The fourth-order valence-corrected chi connectivity index (χ4v) is 2.85. The number of aromatic nitrogens is 3. The smallest absolute Gasteiger partial charge is 0.0871 e. The van der Waals surface area contributed by atoms with Gasteiger partial charge in [-0.1, -0.05) is 12.1 Å². The van der Waals surface area contributed by atoms with Crippen LogP contribution in [0.5, 0.6) is 0 Å². The molecule has 3 heterocycles. The number of nitrogens with two attached hydrogens (primary N) is 1. The first-order valence-electron chi connectivity index (χ1n) is 5.46. The molecule has 0 radical (unpaired) electrons. The van der Waals surface area contributed by atoms with Crippen LogP contribution in [0.2, 0.25) is 0 Å². The lowest BCUT2D eigenvalue weighted by molar-refractivity contribution is 0.856. The molecule has 0 amide bonds. The van der Waals surface area contributed by atoms with Gasteiger partial charge in [-0.25, -0.2) is 4.52 Å². The van der Waals surface area contributed by atoms with Gasteiger partial charge in [-0.3, -0.25) is 0 Å². The highest BCUT2D eigenvalue weighted by Crippen LogP contribution is 2.33. The second kappa shape index (κ2) is 3.85. The molecule has 0 aliphatic rings. The van der Waals surface area contributed by atoms with Crippen molar-refractivity contribution in [3.05, 3.63) is 35.5 Å². The molecule has 3 rings (SSSR count). The van der Waals surface area contributed by atoms with E-state index in [-0.39, 0.29) is 0 Å². The van der Waals surface area contributed by atoms with E-state index in [0.717, 1.165) is 16.9 Å². The molecule has 86 valence electrons. The molecule has 4 nitrogen and oxygen atoms in total. The Labute approximate surface area is 103 Å². The normalized spacial score (nSPS) is 11.1. The molecule has 17 heavy (non-hydrogen) atoms. The maximum atomic E-state index is 5.87. The van der Waals surface area contributed by atoms with Crippen molar-refractivity contribution in [3.63, 3.8) is 0 Å². The summed E-state index contributed by atoms with van der Waals surface area (Å²) in [6.07, 6.45) is 4.68. The predicted molar refractivity (Wildman–Crippen MR) is 70.1 cm³/mol. The van der Waals surface area contributed by atoms with Gasteiger partial charge in [0.25, 0.3) is 0 Å². The van der Waals surface area contributed by atoms with Gasteiger partial charge in [-0.2, -0.15) is 0 Å². The van der Waals surface area contributed by atoms with Crippen molar-refractivity contribution < 1.29 is 0 Å². The zero-order valence-corrected chi connectivity index (χ0v) is 10.2. The van der Waals surface area contributed by atoms with Crippen molar-refractivity contribution in [1.29, 1.82) is 0 Å². The standard InChI is InChI=1S/C12H12N4S/c1-2-11-10(6-12(13)17-11)8-3-4-16-9(5-8)7-14-15-16/h3-7H,2,13H2,1H3. The maximum absolute atomic E-state index is 5.87. The molecule has 0 saturated carbocycles. The SMILES string of the molecule is CCc1sc(N)cc1-c1ccn2nncc2c1. The topological polar surface area (TPSA) is 56.2 Å². The highest BCUT2D eigenvalue weighted by Gasteiger charge is 2.09. The van der Waals surface area contributed by atoms with E-state index < -0.39 is 0 Å². The third-order valence-electron chi connectivity index (χ3n) is 2.76. The quantitative estimate of drug-likeness (QED) is 0.754. The molecule has 0 fully saturated rings. The molecule has 3 aromatic rings. The van der Waals surface area contributed by atoms with E-state index in [9.17, 15) is 0 Å². The van der Waals surface area contributed by atoms with Crippen molar-refractivity contribution >= 4 is 21.9 Å². The first-order valence-corrected chi connectivity index (χ1v) is 6.28. The highest BCUT2D eigenvalue weighted by atomic mass is 32.1. The van der Waals surface area contributed by atoms with Crippen LogP contribution < -0.4 is 5.73 Å². The molecule has 0 aromatic carbocycles. The Kier molecular flexibility index (Phi) is 2.33. The van der Waals surface area contributed by atoms with Crippen LogP contribution in [0.3, 0.4) is 0 Å². The number of aryl methyl sites for hydroxylation is 1. The molecule has 0 unspecified atom stereocenters. The third-order valence-corrected chi connectivity index (χ3v) is 3.87. The van der Waals surface area contributed by atoms with E-state index in [1.807, 2.05) is 18.3 Å². The van der Waals surface area contributed by atoms with Gasteiger partial charge < -0.3 is 5.73 Å². The van der Waals surface area contributed by atoms with Gasteiger partial charge in [-0.05, 0) is 35.7 Å². The lowest BCUT2D eigenvalue weighted by atomic mass is 10.1. The van der Waals surface area contributed by atoms with Crippen molar-refractivity contribution in [1.82, 2.24) is 14.8 Å². The largest absolute Gasteiger partial charge is 0.391 e. The van der Waals surface area contributed by atoms with Crippen LogP contribution in [0, 0.1) is 0 Å². The van der Waals surface area contributed by atoms with Gasteiger partial charge in [-0.15, -0.1) is 16.4 Å². The second-order valence-electron chi connectivity index (χ2n) is 3.86. The van der Waals surface area contributed by atoms with Crippen LogP contribution >= 0.6 is 11.3 Å². The maximum Gasteiger partial charge on any atom is 0.0871 e. The number of rotatable bonds is 2. The predicted octanol–water partition coefficient (Wildman–Crippen LogP) is 2.60. The number of thiophene rings is 1. The van der Waals surface area contributed by atoms with Crippen molar-refractivity contribution in [2.75, 3.05) is 5.73 Å². The fourth-order valence-electron chi connectivity index (χ4n) is 1.95. The first kappa shape index (κ1) is 10.3. The van der Waals surface area contributed by atoms with Crippen LogP contribution in [0.15, 0.2) is 30.6 Å². The fraction of sp³-hybridized carbons (Fsp3) is 0.167. The minimum absolute atomic E-state index is 0.864. The number of nitrogen functional groups attached to an aromatic ring is 1. The molecule has 0 spiro atoms. The van der Waals surface area contributed by atoms with Gasteiger partial charge in [0.05, 0.1) is 16.7 Å². The zero-order valence-electron chi connectivity index (χ0n) is 9.42. The van der Waals surface area contributed by atoms with E-state index in [4.69, 9.17) is 5.73 Å². The van der Waals surface area contributed by atoms with E-state index in [2.05, 4.69) is 23.3 Å².